The van der Waals surface area contributed by atoms with Crippen LogP contribution < -0.4 is 0 Å². The number of hydrogen-bond donors (Lipinski definition) is 0. The molecular formula is C23H47N3Zr. The molecule has 27 heavy (non-hydrogen) atoms. The van der Waals surface area contributed by atoms with Gasteiger partial charge in [-0.2, -0.15) is 0 Å². The van der Waals surface area contributed by atoms with Crippen molar-refractivity contribution in [3.8, 4) is 0 Å². The summed E-state index contributed by atoms with van der Waals surface area (Å²) in [4.78, 5) is 0. The first kappa shape index (κ1) is 25.3. The Hall–Kier alpha value is 0.243. The number of nitrogens with zero attached hydrogens (tertiary/aromatic N) is 3. The molecule has 0 aromatic rings. The Bertz CT molecular complexity index is 443. The maximum atomic E-state index is 2.97. The second-order valence-corrected chi connectivity index (χ2v) is 18.3. The van der Waals surface area contributed by atoms with Crippen molar-refractivity contribution in [1.82, 2.24) is 8.53 Å². The summed E-state index contributed by atoms with van der Waals surface area (Å²) < 4.78 is 10.6. The van der Waals surface area contributed by atoms with Gasteiger partial charge in [0.2, 0.25) is 0 Å². The van der Waals surface area contributed by atoms with Crippen LogP contribution in [0.25, 0.3) is 0 Å². The quantitative estimate of drug-likeness (QED) is 0.394. The van der Waals surface area contributed by atoms with Crippen LogP contribution in [0, 0.1) is 0 Å². The molecule has 1 rings (SSSR count). The molecule has 1 aliphatic carbocycles. The normalized spacial score (nSPS) is 16.1. The van der Waals surface area contributed by atoms with E-state index >= 15 is 0 Å². The summed E-state index contributed by atoms with van der Waals surface area (Å²) in [7, 11) is 0. The van der Waals surface area contributed by atoms with E-state index in [2.05, 4.69) is 110 Å². The molecular weight excluding hydrogens is 409 g/mol. The molecule has 0 amide bonds. The Morgan fingerprint density at radius 3 is 1.07 bits per heavy atom. The molecule has 0 saturated carbocycles. The van der Waals surface area contributed by atoms with Gasteiger partial charge in [-0.15, -0.1) is 0 Å². The summed E-state index contributed by atoms with van der Waals surface area (Å²) in [5.74, 6) is 0. The van der Waals surface area contributed by atoms with Gasteiger partial charge in [0.1, 0.15) is 0 Å². The zero-order valence-corrected chi connectivity index (χ0v) is 22.7. The van der Waals surface area contributed by atoms with Gasteiger partial charge in [0, 0.05) is 0 Å². The summed E-state index contributed by atoms with van der Waals surface area (Å²) in [6.45, 7) is 28.9. The van der Waals surface area contributed by atoms with Crippen molar-refractivity contribution in [3.63, 3.8) is 0 Å². The number of hydrogen-bond acceptors (Lipinski definition) is 3. The van der Waals surface area contributed by atoms with Gasteiger partial charge >= 0.3 is 177 Å². The van der Waals surface area contributed by atoms with Gasteiger partial charge in [0.05, 0.1) is 0 Å². The van der Waals surface area contributed by atoms with Crippen LogP contribution in [0.4, 0.5) is 0 Å². The molecule has 0 fully saturated rings. The Morgan fingerprint density at radius 1 is 0.593 bits per heavy atom. The molecule has 0 spiro atoms. The summed E-state index contributed by atoms with van der Waals surface area (Å²) in [5, 5.41) is 0. The molecule has 158 valence electrons. The summed E-state index contributed by atoms with van der Waals surface area (Å²) >= 11 is -3.40. The van der Waals surface area contributed by atoms with E-state index in [1.807, 2.05) is 0 Å². The van der Waals surface area contributed by atoms with Crippen LogP contribution in [-0.2, 0) is 21.1 Å². The van der Waals surface area contributed by atoms with E-state index in [-0.39, 0.29) is 0 Å². The summed E-state index contributed by atoms with van der Waals surface area (Å²) in [6.07, 6.45) is 8.27. The molecule has 4 heteroatoms. The second kappa shape index (κ2) is 10.3. The molecule has 3 nitrogen and oxygen atoms in total. The van der Waals surface area contributed by atoms with Crippen LogP contribution in [0.3, 0.4) is 0 Å². The SMILES string of the molecule is CC(C)[N](C(C)C)[Zr]([C]1=CC=CC1)([N](C(C)C)C(C)C)[N](C(C)C)C(C)C. The van der Waals surface area contributed by atoms with Crippen molar-refractivity contribution in [2.24, 2.45) is 0 Å². The number of rotatable bonds is 10. The van der Waals surface area contributed by atoms with Gasteiger partial charge < -0.3 is 0 Å². The predicted molar refractivity (Wildman–Crippen MR) is 118 cm³/mol. The maximum absolute atomic E-state index is 3.40. The van der Waals surface area contributed by atoms with Gasteiger partial charge in [-0.3, -0.25) is 0 Å². The average molecular weight is 457 g/mol. The van der Waals surface area contributed by atoms with Gasteiger partial charge in [0.25, 0.3) is 0 Å². The van der Waals surface area contributed by atoms with E-state index in [1.165, 1.54) is 0 Å². The molecule has 0 radical (unpaired) electrons. The van der Waals surface area contributed by atoms with E-state index in [9.17, 15) is 0 Å². The second-order valence-electron chi connectivity index (χ2n) is 9.74. The van der Waals surface area contributed by atoms with Crippen LogP contribution in [0.15, 0.2) is 21.5 Å². The van der Waals surface area contributed by atoms with E-state index < -0.39 is 21.1 Å². The van der Waals surface area contributed by atoms with Gasteiger partial charge in [-0.1, -0.05) is 0 Å². The van der Waals surface area contributed by atoms with E-state index in [0.717, 1.165) is 6.42 Å². The molecule has 0 bridgehead atoms. The van der Waals surface area contributed by atoms with Crippen LogP contribution in [0.1, 0.15) is 89.5 Å². The van der Waals surface area contributed by atoms with Crippen molar-refractivity contribution >= 4 is 0 Å². The van der Waals surface area contributed by atoms with Crippen LogP contribution in [0.5, 0.6) is 0 Å². The first-order chi connectivity index (χ1) is 12.4. The van der Waals surface area contributed by atoms with Crippen LogP contribution in [-0.4, -0.2) is 44.8 Å². The minimum atomic E-state index is -3.40. The molecule has 0 atom stereocenters. The summed E-state index contributed by atoms with van der Waals surface area (Å²) in [5.41, 5.74) is 0. The third-order valence-corrected chi connectivity index (χ3v) is 21.6. The van der Waals surface area contributed by atoms with Crippen LogP contribution >= 0.6 is 0 Å². The molecule has 1 aliphatic rings. The average Bonchev–Trinajstić information content (AvgIpc) is 2.98. The van der Waals surface area contributed by atoms with Crippen LogP contribution in [0.2, 0.25) is 0 Å². The van der Waals surface area contributed by atoms with Gasteiger partial charge in [-0.05, 0) is 0 Å². The Morgan fingerprint density at radius 2 is 0.889 bits per heavy atom. The van der Waals surface area contributed by atoms with Crippen molar-refractivity contribution in [1.29, 1.82) is 0 Å². The van der Waals surface area contributed by atoms with E-state index in [4.69, 9.17) is 0 Å². The fourth-order valence-electron chi connectivity index (χ4n) is 5.54. The predicted octanol–water partition coefficient (Wildman–Crippen LogP) is 6.09. The third kappa shape index (κ3) is 5.05. The van der Waals surface area contributed by atoms with Crippen molar-refractivity contribution in [2.75, 3.05) is 0 Å². The molecule has 0 aromatic carbocycles. The van der Waals surface area contributed by atoms with Gasteiger partial charge in [0.15, 0.2) is 0 Å². The standard InChI is InChI=1S/3C6H14N.C5H5.Zr/c3*1-5(2)7-6(3)4;1-2-4-5-3-1;/h3*5-6H,1-4H3;1-3H,4H2;/q3*-1;;+3. The molecule has 0 N–H and O–H groups in total. The zero-order chi connectivity index (χ0) is 21.1. The monoisotopic (exact) mass is 455 g/mol. The molecule has 0 heterocycles. The van der Waals surface area contributed by atoms with E-state index in [0.29, 0.717) is 36.3 Å². The van der Waals surface area contributed by atoms with E-state index in [1.54, 1.807) is 3.28 Å². The first-order valence-electron chi connectivity index (χ1n) is 11.1. The third-order valence-electron chi connectivity index (χ3n) is 5.62. The van der Waals surface area contributed by atoms with Crippen molar-refractivity contribution in [2.45, 2.75) is 126 Å². The Kier molecular flexibility index (Phi) is 9.67. The fourth-order valence-corrected chi connectivity index (χ4v) is 22.3. The first-order valence-corrected chi connectivity index (χ1v) is 15.6. The topological polar surface area (TPSA) is 9.72 Å². The zero-order valence-electron chi connectivity index (χ0n) is 20.2. The molecule has 0 saturated heterocycles. The molecule has 0 unspecified atom stereocenters. The minimum absolute atomic E-state index is 0.530. The Labute approximate surface area is 176 Å². The number of allylic oxidation sites excluding steroid dienone is 4. The Balaban J connectivity index is 3.97. The van der Waals surface area contributed by atoms with Crippen molar-refractivity contribution in [3.05, 3.63) is 21.5 Å². The van der Waals surface area contributed by atoms with Crippen molar-refractivity contribution < 1.29 is 21.1 Å². The molecule has 0 aliphatic heterocycles. The summed E-state index contributed by atoms with van der Waals surface area (Å²) in [6, 6.07) is 3.18. The fraction of sp³-hybridized carbons (Fsp3) is 0.826. The molecule has 0 aromatic heterocycles. The van der Waals surface area contributed by atoms with Gasteiger partial charge in [-0.25, -0.2) is 0 Å².